The van der Waals surface area contributed by atoms with E-state index in [-0.39, 0.29) is 12.2 Å². The first-order chi connectivity index (χ1) is 4.27. The molecular formula is C7H12O2. The van der Waals surface area contributed by atoms with E-state index >= 15 is 0 Å². The maximum absolute atomic E-state index is 8.79. The molecule has 0 aromatic rings. The van der Waals surface area contributed by atoms with Crippen LogP contribution in [0.3, 0.4) is 0 Å². The largest absolute Gasteiger partial charge is 0.393 e. The third kappa shape index (κ3) is 1.53. The molecule has 9 heavy (non-hydrogen) atoms. The molecule has 0 amide bonds. The average molecular weight is 128 g/mol. The van der Waals surface area contributed by atoms with Crippen LogP contribution in [0.4, 0.5) is 0 Å². The lowest BCUT2D eigenvalue weighted by atomic mass is 10.0. The van der Waals surface area contributed by atoms with Gasteiger partial charge in [0.1, 0.15) is 0 Å². The van der Waals surface area contributed by atoms with Gasteiger partial charge in [0, 0.05) is 0 Å². The quantitative estimate of drug-likeness (QED) is 0.527. The summed E-state index contributed by atoms with van der Waals surface area (Å²) in [5.41, 5.74) is -0.311. The van der Waals surface area contributed by atoms with Gasteiger partial charge in [0.05, 0.1) is 18.8 Å². The lowest BCUT2D eigenvalue weighted by Gasteiger charge is -2.28. The van der Waals surface area contributed by atoms with Gasteiger partial charge in [-0.05, 0) is 13.3 Å². The van der Waals surface area contributed by atoms with E-state index in [4.69, 9.17) is 9.84 Å². The molecule has 0 saturated carbocycles. The molecule has 0 unspecified atom stereocenters. The summed E-state index contributed by atoms with van der Waals surface area (Å²) in [6, 6.07) is 0. The molecule has 0 aromatic heterocycles. The van der Waals surface area contributed by atoms with Crippen LogP contribution in [0.2, 0.25) is 0 Å². The van der Waals surface area contributed by atoms with E-state index in [2.05, 4.69) is 0 Å². The van der Waals surface area contributed by atoms with E-state index in [0.717, 1.165) is 6.42 Å². The fraction of sp³-hybridized carbons (Fsp3) is 0.714. The van der Waals surface area contributed by atoms with Crippen LogP contribution in [-0.2, 0) is 4.74 Å². The van der Waals surface area contributed by atoms with Crippen molar-refractivity contribution in [3.8, 4) is 0 Å². The summed E-state index contributed by atoms with van der Waals surface area (Å²) in [5, 5.41) is 8.79. The van der Waals surface area contributed by atoms with Crippen molar-refractivity contribution >= 4 is 0 Å². The first-order valence-electron chi connectivity index (χ1n) is 3.17. The third-order valence-corrected chi connectivity index (χ3v) is 1.58. The van der Waals surface area contributed by atoms with Crippen LogP contribution < -0.4 is 0 Å². The highest BCUT2D eigenvalue weighted by atomic mass is 16.5. The Morgan fingerprint density at radius 3 is 2.78 bits per heavy atom. The van der Waals surface area contributed by atoms with E-state index in [1.807, 2.05) is 19.1 Å². The first-order valence-corrected chi connectivity index (χ1v) is 3.17. The van der Waals surface area contributed by atoms with Crippen LogP contribution in [0.1, 0.15) is 13.3 Å². The molecular weight excluding hydrogens is 116 g/mol. The van der Waals surface area contributed by atoms with Crippen LogP contribution in [0.5, 0.6) is 0 Å². The smallest absolute Gasteiger partial charge is 0.0922 e. The van der Waals surface area contributed by atoms with Crippen molar-refractivity contribution in [1.82, 2.24) is 0 Å². The summed E-state index contributed by atoms with van der Waals surface area (Å²) < 4.78 is 5.28. The van der Waals surface area contributed by atoms with Gasteiger partial charge < -0.3 is 9.84 Å². The van der Waals surface area contributed by atoms with Gasteiger partial charge in [-0.3, -0.25) is 0 Å². The molecule has 2 heteroatoms. The Morgan fingerprint density at radius 2 is 2.44 bits per heavy atom. The van der Waals surface area contributed by atoms with Crippen molar-refractivity contribution in [3.63, 3.8) is 0 Å². The molecule has 0 aliphatic carbocycles. The molecule has 1 rings (SSSR count). The second kappa shape index (κ2) is 2.50. The molecule has 1 aliphatic heterocycles. The topological polar surface area (TPSA) is 29.5 Å². The molecule has 1 N–H and O–H groups in total. The molecule has 2 nitrogen and oxygen atoms in total. The van der Waals surface area contributed by atoms with Crippen LogP contribution >= 0.6 is 0 Å². The van der Waals surface area contributed by atoms with Crippen molar-refractivity contribution in [3.05, 3.63) is 12.2 Å². The zero-order valence-electron chi connectivity index (χ0n) is 5.63. The highest BCUT2D eigenvalue weighted by Crippen LogP contribution is 2.18. The van der Waals surface area contributed by atoms with Crippen LogP contribution in [0.25, 0.3) is 0 Å². The van der Waals surface area contributed by atoms with Crippen molar-refractivity contribution in [2.45, 2.75) is 18.9 Å². The van der Waals surface area contributed by atoms with Gasteiger partial charge in [-0.1, -0.05) is 12.2 Å². The van der Waals surface area contributed by atoms with Crippen molar-refractivity contribution in [2.24, 2.45) is 0 Å². The van der Waals surface area contributed by atoms with E-state index in [1.54, 1.807) is 0 Å². The first kappa shape index (κ1) is 6.78. The predicted octanol–water partition coefficient (Wildman–Crippen LogP) is 0.714. The molecule has 0 aromatic carbocycles. The normalized spacial score (nSPS) is 34.9. The SMILES string of the molecule is C[C@]1(CO)CC=CCO1. The Labute approximate surface area is 55.1 Å². The maximum Gasteiger partial charge on any atom is 0.0922 e. The van der Waals surface area contributed by atoms with E-state index < -0.39 is 0 Å². The molecule has 0 spiro atoms. The van der Waals surface area contributed by atoms with Crippen LogP contribution in [0, 0.1) is 0 Å². The number of hydrogen-bond acceptors (Lipinski definition) is 2. The summed E-state index contributed by atoms with van der Waals surface area (Å²) >= 11 is 0. The maximum atomic E-state index is 8.79. The number of hydrogen-bond donors (Lipinski definition) is 1. The lowest BCUT2D eigenvalue weighted by Crippen LogP contribution is -2.34. The van der Waals surface area contributed by atoms with Gasteiger partial charge in [-0.2, -0.15) is 0 Å². The second-order valence-corrected chi connectivity index (χ2v) is 2.59. The van der Waals surface area contributed by atoms with E-state index in [1.165, 1.54) is 0 Å². The van der Waals surface area contributed by atoms with Gasteiger partial charge in [-0.25, -0.2) is 0 Å². The molecule has 0 fully saturated rings. The molecule has 1 aliphatic rings. The Hall–Kier alpha value is -0.340. The van der Waals surface area contributed by atoms with Crippen LogP contribution in [-0.4, -0.2) is 23.9 Å². The molecule has 0 saturated heterocycles. The van der Waals surface area contributed by atoms with Crippen molar-refractivity contribution in [1.29, 1.82) is 0 Å². The summed E-state index contributed by atoms with van der Waals surface area (Å²) in [6.07, 6.45) is 4.83. The van der Waals surface area contributed by atoms with E-state index in [9.17, 15) is 0 Å². The van der Waals surface area contributed by atoms with Gasteiger partial charge >= 0.3 is 0 Å². The minimum atomic E-state index is -0.311. The number of aliphatic hydroxyl groups excluding tert-OH is 1. The van der Waals surface area contributed by atoms with Gasteiger partial charge in [0.15, 0.2) is 0 Å². The molecule has 0 radical (unpaired) electrons. The van der Waals surface area contributed by atoms with E-state index in [0.29, 0.717) is 6.61 Å². The molecule has 1 atom stereocenters. The minimum Gasteiger partial charge on any atom is -0.393 e. The molecule has 1 heterocycles. The standard InChI is InChI=1S/C7H12O2/c1-7(6-8)4-2-3-5-9-7/h2-3,8H,4-6H2,1H3/t7-/m1/s1. The van der Waals surface area contributed by atoms with Gasteiger partial charge in [0.25, 0.3) is 0 Å². The Kier molecular flexibility index (Phi) is 1.88. The summed E-state index contributed by atoms with van der Waals surface area (Å²) in [5.74, 6) is 0. The fourth-order valence-corrected chi connectivity index (χ4v) is 0.819. The second-order valence-electron chi connectivity index (χ2n) is 2.59. The summed E-state index contributed by atoms with van der Waals surface area (Å²) in [7, 11) is 0. The van der Waals surface area contributed by atoms with Gasteiger partial charge in [-0.15, -0.1) is 0 Å². The predicted molar refractivity (Wildman–Crippen MR) is 35.2 cm³/mol. The molecule has 52 valence electrons. The van der Waals surface area contributed by atoms with Crippen molar-refractivity contribution in [2.75, 3.05) is 13.2 Å². The Morgan fingerprint density at radius 1 is 1.67 bits per heavy atom. The number of rotatable bonds is 1. The Bertz CT molecular complexity index is 120. The number of ether oxygens (including phenoxy) is 1. The zero-order valence-corrected chi connectivity index (χ0v) is 5.63. The third-order valence-electron chi connectivity index (χ3n) is 1.58. The fourth-order valence-electron chi connectivity index (χ4n) is 0.819. The van der Waals surface area contributed by atoms with Crippen molar-refractivity contribution < 1.29 is 9.84 Å². The highest BCUT2D eigenvalue weighted by Gasteiger charge is 2.23. The zero-order chi connectivity index (χ0) is 6.74. The van der Waals surface area contributed by atoms with Crippen LogP contribution in [0.15, 0.2) is 12.2 Å². The highest BCUT2D eigenvalue weighted by molar-refractivity contribution is 4.95. The van der Waals surface area contributed by atoms with Gasteiger partial charge in [0.2, 0.25) is 0 Å². The monoisotopic (exact) mass is 128 g/mol. The average Bonchev–Trinajstić information content (AvgIpc) is 1.90. The minimum absolute atomic E-state index is 0.108. The number of aliphatic hydroxyl groups is 1. The summed E-state index contributed by atoms with van der Waals surface area (Å²) in [4.78, 5) is 0. The lowest BCUT2D eigenvalue weighted by molar-refractivity contribution is -0.0585. The summed E-state index contributed by atoms with van der Waals surface area (Å²) in [6.45, 7) is 2.66. The molecule has 0 bridgehead atoms. The Balaban J connectivity index is 2.50.